The topological polar surface area (TPSA) is 71.4 Å². The Bertz CT molecular complexity index is 1290. The zero-order valence-corrected chi connectivity index (χ0v) is 19.8. The van der Waals surface area contributed by atoms with E-state index in [0.717, 1.165) is 11.1 Å². The number of halogens is 1. The van der Waals surface area contributed by atoms with Crippen molar-refractivity contribution in [2.24, 2.45) is 0 Å². The molecule has 5 nitrogen and oxygen atoms in total. The van der Waals surface area contributed by atoms with Crippen LogP contribution >= 0.6 is 0 Å². The first-order chi connectivity index (χ1) is 16.9. The highest BCUT2D eigenvalue weighted by molar-refractivity contribution is 6.10. The van der Waals surface area contributed by atoms with Crippen LogP contribution in [-0.2, 0) is 17.8 Å². The molecule has 0 radical (unpaired) electrons. The number of amides is 1. The van der Waals surface area contributed by atoms with E-state index in [0.29, 0.717) is 41.3 Å². The van der Waals surface area contributed by atoms with Crippen LogP contribution in [-0.4, -0.2) is 12.5 Å². The standard InChI is InChI=1S/C29H27FN2O3/c1-4-9-23-14-22(15-24(18-31)29(33)32-26-13-7-6-10-20(26)3)17-27(34-5-2)28(23)35-19-21-11-8-12-25(30)16-21/h4,6-8,10-17H,1,5,9,19H2,2-3H3,(H,32,33)/b24-15+. The number of nitriles is 1. The van der Waals surface area contributed by atoms with E-state index in [4.69, 9.17) is 9.47 Å². The third-order valence-electron chi connectivity index (χ3n) is 5.16. The van der Waals surface area contributed by atoms with Gasteiger partial charge in [-0.2, -0.15) is 5.26 Å². The Morgan fingerprint density at radius 2 is 1.94 bits per heavy atom. The average molecular weight is 471 g/mol. The first-order valence-electron chi connectivity index (χ1n) is 11.2. The predicted molar refractivity (Wildman–Crippen MR) is 136 cm³/mol. The molecule has 0 fully saturated rings. The van der Waals surface area contributed by atoms with Gasteiger partial charge in [0.05, 0.1) is 6.61 Å². The lowest BCUT2D eigenvalue weighted by Crippen LogP contribution is -2.14. The van der Waals surface area contributed by atoms with Crippen LogP contribution in [0.4, 0.5) is 10.1 Å². The molecule has 1 N–H and O–H groups in total. The summed E-state index contributed by atoms with van der Waals surface area (Å²) >= 11 is 0. The van der Waals surface area contributed by atoms with Gasteiger partial charge in [-0.15, -0.1) is 6.58 Å². The van der Waals surface area contributed by atoms with Crippen LogP contribution in [0.2, 0.25) is 0 Å². The van der Waals surface area contributed by atoms with Crippen LogP contribution in [0.15, 0.2) is 78.9 Å². The molecule has 0 bridgehead atoms. The number of nitrogens with zero attached hydrogens (tertiary/aromatic N) is 1. The smallest absolute Gasteiger partial charge is 0.266 e. The van der Waals surface area contributed by atoms with Gasteiger partial charge in [-0.25, -0.2) is 4.39 Å². The number of anilines is 1. The highest BCUT2D eigenvalue weighted by Crippen LogP contribution is 2.35. The van der Waals surface area contributed by atoms with E-state index in [1.807, 2.05) is 44.2 Å². The molecule has 3 aromatic carbocycles. The van der Waals surface area contributed by atoms with Crippen molar-refractivity contribution in [1.82, 2.24) is 0 Å². The zero-order chi connectivity index (χ0) is 25.2. The van der Waals surface area contributed by atoms with E-state index < -0.39 is 5.91 Å². The van der Waals surface area contributed by atoms with Gasteiger partial charge in [0.25, 0.3) is 5.91 Å². The van der Waals surface area contributed by atoms with Gasteiger partial charge < -0.3 is 14.8 Å². The summed E-state index contributed by atoms with van der Waals surface area (Å²) in [7, 11) is 0. The summed E-state index contributed by atoms with van der Waals surface area (Å²) in [6, 6.07) is 19.1. The zero-order valence-electron chi connectivity index (χ0n) is 19.8. The van der Waals surface area contributed by atoms with E-state index in [9.17, 15) is 14.4 Å². The quantitative estimate of drug-likeness (QED) is 0.212. The molecule has 0 saturated carbocycles. The van der Waals surface area contributed by atoms with Gasteiger partial charge in [0.15, 0.2) is 11.5 Å². The molecule has 3 aromatic rings. The minimum Gasteiger partial charge on any atom is -0.490 e. The maximum absolute atomic E-state index is 13.6. The maximum Gasteiger partial charge on any atom is 0.266 e. The fourth-order valence-electron chi connectivity index (χ4n) is 3.50. The number of hydrogen-bond donors (Lipinski definition) is 1. The molecule has 0 aliphatic rings. The van der Waals surface area contributed by atoms with Crippen molar-refractivity contribution in [3.05, 3.63) is 107 Å². The van der Waals surface area contributed by atoms with E-state index in [1.165, 1.54) is 18.2 Å². The third kappa shape index (κ3) is 6.81. The number of ether oxygens (including phenoxy) is 2. The largest absolute Gasteiger partial charge is 0.490 e. The van der Waals surface area contributed by atoms with Crippen molar-refractivity contribution in [2.75, 3.05) is 11.9 Å². The van der Waals surface area contributed by atoms with E-state index in [1.54, 1.807) is 30.3 Å². The lowest BCUT2D eigenvalue weighted by Gasteiger charge is -2.17. The minimum absolute atomic E-state index is 0.0475. The lowest BCUT2D eigenvalue weighted by atomic mass is 10.0. The fraction of sp³-hybridized carbons (Fsp3) is 0.172. The Morgan fingerprint density at radius 3 is 2.63 bits per heavy atom. The Morgan fingerprint density at radius 1 is 1.14 bits per heavy atom. The molecule has 0 atom stereocenters. The number of nitrogens with one attached hydrogen (secondary N) is 1. The SMILES string of the molecule is C=CCc1cc(/C=C(\C#N)C(=O)Nc2ccccc2C)cc(OCC)c1OCc1cccc(F)c1. The van der Waals surface area contributed by atoms with Gasteiger partial charge in [-0.3, -0.25) is 4.79 Å². The summed E-state index contributed by atoms with van der Waals surface area (Å²) in [6.07, 6.45) is 3.71. The van der Waals surface area contributed by atoms with Gasteiger partial charge in [-0.05, 0) is 73.4 Å². The number of para-hydroxylation sites is 1. The minimum atomic E-state index is -0.503. The molecule has 0 heterocycles. The summed E-state index contributed by atoms with van der Waals surface area (Å²) in [5.74, 6) is 0.134. The van der Waals surface area contributed by atoms with Crippen LogP contribution in [0.5, 0.6) is 11.5 Å². The number of rotatable bonds is 10. The number of allylic oxidation sites excluding steroid dienone is 1. The van der Waals surface area contributed by atoms with Crippen LogP contribution < -0.4 is 14.8 Å². The van der Waals surface area contributed by atoms with E-state index in [-0.39, 0.29) is 18.0 Å². The highest BCUT2D eigenvalue weighted by Gasteiger charge is 2.16. The molecular weight excluding hydrogens is 443 g/mol. The second kappa shape index (κ2) is 12.2. The van der Waals surface area contributed by atoms with E-state index >= 15 is 0 Å². The molecule has 0 saturated heterocycles. The third-order valence-corrected chi connectivity index (χ3v) is 5.16. The second-order valence-corrected chi connectivity index (χ2v) is 7.79. The fourth-order valence-corrected chi connectivity index (χ4v) is 3.50. The van der Waals surface area contributed by atoms with Crippen molar-refractivity contribution in [2.45, 2.75) is 26.9 Å². The van der Waals surface area contributed by atoms with Crippen molar-refractivity contribution >= 4 is 17.7 Å². The number of hydrogen-bond acceptors (Lipinski definition) is 4. The first kappa shape index (κ1) is 25.3. The molecule has 0 spiro atoms. The Kier molecular flexibility index (Phi) is 8.80. The monoisotopic (exact) mass is 470 g/mol. The maximum atomic E-state index is 13.6. The number of carbonyl (C=O) groups excluding carboxylic acids is 1. The molecule has 35 heavy (non-hydrogen) atoms. The summed E-state index contributed by atoms with van der Waals surface area (Å²) < 4.78 is 25.4. The van der Waals surface area contributed by atoms with E-state index in [2.05, 4.69) is 11.9 Å². The molecule has 0 aromatic heterocycles. The summed E-state index contributed by atoms with van der Waals surface area (Å²) in [4.78, 5) is 12.8. The lowest BCUT2D eigenvalue weighted by molar-refractivity contribution is -0.112. The van der Waals surface area contributed by atoms with Crippen LogP contribution in [0.1, 0.15) is 29.2 Å². The van der Waals surface area contributed by atoms with Crippen LogP contribution in [0, 0.1) is 24.1 Å². The van der Waals surface area contributed by atoms with Gasteiger partial charge >= 0.3 is 0 Å². The van der Waals surface area contributed by atoms with Crippen molar-refractivity contribution < 1.29 is 18.7 Å². The molecule has 1 amide bonds. The van der Waals surface area contributed by atoms with Gasteiger partial charge in [0.1, 0.15) is 24.1 Å². The second-order valence-electron chi connectivity index (χ2n) is 7.79. The molecule has 0 aliphatic carbocycles. The molecule has 178 valence electrons. The summed E-state index contributed by atoms with van der Waals surface area (Å²) in [6.45, 7) is 8.08. The number of benzene rings is 3. The molecule has 3 rings (SSSR count). The molecule has 6 heteroatoms. The van der Waals surface area contributed by atoms with Crippen molar-refractivity contribution in [1.29, 1.82) is 5.26 Å². The molecular formula is C29H27FN2O3. The Hall–Kier alpha value is -4.37. The first-order valence-corrected chi connectivity index (χ1v) is 11.2. The van der Waals surface area contributed by atoms with Crippen LogP contribution in [0.3, 0.4) is 0 Å². The molecule has 0 aliphatic heterocycles. The van der Waals surface area contributed by atoms with Crippen molar-refractivity contribution in [3.63, 3.8) is 0 Å². The number of aryl methyl sites for hydroxylation is 1. The Balaban J connectivity index is 1.94. The average Bonchev–Trinajstić information content (AvgIpc) is 2.84. The van der Waals surface area contributed by atoms with Gasteiger partial charge in [0.2, 0.25) is 0 Å². The van der Waals surface area contributed by atoms with Gasteiger partial charge in [-0.1, -0.05) is 36.4 Å². The summed E-state index contributed by atoms with van der Waals surface area (Å²) in [5.41, 5.74) is 3.55. The van der Waals surface area contributed by atoms with Crippen molar-refractivity contribution in [3.8, 4) is 17.6 Å². The normalized spacial score (nSPS) is 10.9. The number of carbonyl (C=O) groups is 1. The van der Waals surface area contributed by atoms with Crippen LogP contribution in [0.25, 0.3) is 6.08 Å². The highest BCUT2D eigenvalue weighted by atomic mass is 19.1. The molecule has 0 unspecified atom stereocenters. The summed E-state index contributed by atoms with van der Waals surface area (Å²) in [5, 5.41) is 12.4. The Labute approximate surface area is 205 Å². The predicted octanol–water partition coefficient (Wildman–Crippen LogP) is 6.39. The van der Waals surface area contributed by atoms with Gasteiger partial charge in [0, 0.05) is 11.3 Å².